The molecule has 2 rings (SSSR count). The molecule has 0 saturated heterocycles. The number of aromatic nitrogens is 2. The number of benzene rings is 1. The van der Waals surface area contributed by atoms with E-state index in [9.17, 15) is 4.79 Å². The van der Waals surface area contributed by atoms with Crippen LogP contribution in [-0.2, 0) is 11.3 Å². The Labute approximate surface area is 110 Å². The van der Waals surface area contributed by atoms with Crippen LogP contribution in [0.5, 0.6) is 17.2 Å². The molecular weight excluding hydrogens is 248 g/mol. The maximum Gasteiger partial charge on any atom is 0.305 e. The van der Waals surface area contributed by atoms with Gasteiger partial charge >= 0.3 is 5.97 Å². The van der Waals surface area contributed by atoms with E-state index < -0.39 is 5.97 Å². The Hall–Kier alpha value is -2.50. The number of nitrogens with zero attached hydrogens (tertiary/aromatic N) is 2. The van der Waals surface area contributed by atoms with Crippen LogP contribution in [0.25, 0.3) is 0 Å². The summed E-state index contributed by atoms with van der Waals surface area (Å²) < 4.78 is 12.2. The fourth-order valence-electron chi connectivity index (χ4n) is 1.53. The largest absolute Gasteiger partial charge is 0.497 e. The maximum absolute atomic E-state index is 10.5. The average Bonchev–Trinajstić information content (AvgIpc) is 2.84. The van der Waals surface area contributed by atoms with Crippen LogP contribution in [0, 0.1) is 0 Å². The van der Waals surface area contributed by atoms with Crippen molar-refractivity contribution in [2.75, 3.05) is 7.11 Å². The van der Waals surface area contributed by atoms with Gasteiger partial charge in [0.25, 0.3) is 0 Å². The van der Waals surface area contributed by atoms with Crippen molar-refractivity contribution < 1.29 is 19.4 Å². The molecule has 0 radical (unpaired) electrons. The molecule has 0 aliphatic rings. The second-order valence-corrected chi connectivity index (χ2v) is 3.86. The standard InChI is InChI=1S/C13H14N2O4/c1-18-10-3-2-4-11(7-10)19-12-8-14-15(9-12)6-5-13(16)17/h2-4,7-9H,5-6H2,1H3,(H,16,17). The fraction of sp³-hybridized carbons (Fsp3) is 0.231. The second kappa shape index (κ2) is 5.90. The number of carboxylic acids is 1. The minimum absolute atomic E-state index is 0.0281. The first kappa shape index (κ1) is 12.9. The highest BCUT2D eigenvalue weighted by molar-refractivity contribution is 5.66. The topological polar surface area (TPSA) is 73.6 Å². The summed E-state index contributed by atoms with van der Waals surface area (Å²) in [6.07, 6.45) is 3.23. The third-order valence-electron chi connectivity index (χ3n) is 2.44. The van der Waals surface area contributed by atoms with Crippen molar-refractivity contribution in [1.82, 2.24) is 9.78 Å². The van der Waals surface area contributed by atoms with E-state index in [2.05, 4.69) is 5.10 Å². The van der Waals surface area contributed by atoms with Gasteiger partial charge in [0.1, 0.15) is 11.5 Å². The van der Waals surface area contributed by atoms with Crippen molar-refractivity contribution in [2.45, 2.75) is 13.0 Å². The molecule has 2 aromatic rings. The van der Waals surface area contributed by atoms with Crippen molar-refractivity contribution in [3.8, 4) is 17.2 Å². The van der Waals surface area contributed by atoms with Gasteiger partial charge in [0.15, 0.2) is 5.75 Å². The molecular formula is C13H14N2O4. The average molecular weight is 262 g/mol. The van der Waals surface area contributed by atoms with E-state index in [1.807, 2.05) is 12.1 Å². The van der Waals surface area contributed by atoms with Gasteiger partial charge < -0.3 is 14.6 Å². The molecule has 1 heterocycles. The molecule has 6 nitrogen and oxygen atoms in total. The molecule has 19 heavy (non-hydrogen) atoms. The number of ether oxygens (including phenoxy) is 2. The normalized spacial score (nSPS) is 10.2. The molecule has 1 N–H and O–H groups in total. The van der Waals surface area contributed by atoms with Crippen molar-refractivity contribution in [2.24, 2.45) is 0 Å². The summed E-state index contributed by atoms with van der Waals surface area (Å²) >= 11 is 0. The zero-order valence-corrected chi connectivity index (χ0v) is 10.4. The number of carbonyl (C=O) groups is 1. The number of rotatable bonds is 6. The molecule has 0 fully saturated rings. The molecule has 0 saturated carbocycles. The second-order valence-electron chi connectivity index (χ2n) is 3.86. The van der Waals surface area contributed by atoms with Crippen LogP contribution in [0.2, 0.25) is 0 Å². The summed E-state index contributed by atoms with van der Waals surface area (Å²) in [6.45, 7) is 0.316. The van der Waals surface area contributed by atoms with E-state index in [0.29, 0.717) is 23.8 Å². The van der Waals surface area contributed by atoms with E-state index in [4.69, 9.17) is 14.6 Å². The SMILES string of the molecule is COc1cccc(Oc2cnn(CCC(=O)O)c2)c1. The highest BCUT2D eigenvalue weighted by Gasteiger charge is 2.04. The highest BCUT2D eigenvalue weighted by atomic mass is 16.5. The Morgan fingerprint density at radius 2 is 2.16 bits per heavy atom. The summed E-state index contributed by atoms with van der Waals surface area (Å²) in [5.74, 6) is 1.04. The molecule has 6 heteroatoms. The molecule has 100 valence electrons. The number of aliphatic carboxylic acids is 1. The molecule has 0 unspecified atom stereocenters. The number of aryl methyl sites for hydroxylation is 1. The van der Waals surface area contributed by atoms with Crippen LogP contribution in [0.4, 0.5) is 0 Å². The summed E-state index contributed by atoms with van der Waals surface area (Å²) in [4.78, 5) is 10.5. The lowest BCUT2D eigenvalue weighted by Gasteiger charge is -2.04. The van der Waals surface area contributed by atoms with E-state index in [1.165, 1.54) is 4.68 Å². The number of methoxy groups -OCH3 is 1. The van der Waals surface area contributed by atoms with E-state index in [0.717, 1.165) is 0 Å². The molecule has 0 aliphatic carbocycles. The zero-order valence-electron chi connectivity index (χ0n) is 10.4. The lowest BCUT2D eigenvalue weighted by atomic mass is 10.3. The van der Waals surface area contributed by atoms with Crippen LogP contribution in [0.1, 0.15) is 6.42 Å². The highest BCUT2D eigenvalue weighted by Crippen LogP contribution is 2.24. The minimum atomic E-state index is -0.856. The predicted octanol–water partition coefficient (Wildman–Crippen LogP) is 2.16. The Morgan fingerprint density at radius 3 is 2.89 bits per heavy atom. The summed E-state index contributed by atoms with van der Waals surface area (Å²) in [7, 11) is 1.59. The number of hydrogen-bond acceptors (Lipinski definition) is 4. The zero-order chi connectivity index (χ0) is 13.7. The van der Waals surface area contributed by atoms with Crippen LogP contribution in [0.15, 0.2) is 36.7 Å². The first-order valence-corrected chi connectivity index (χ1v) is 5.73. The van der Waals surface area contributed by atoms with Gasteiger partial charge in [0, 0.05) is 6.07 Å². The van der Waals surface area contributed by atoms with Crippen LogP contribution < -0.4 is 9.47 Å². The quantitative estimate of drug-likeness (QED) is 0.863. The van der Waals surface area contributed by atoms with E-state index in [-0.39, 0.29) is 6.42 Å². The van der Waals surface area contributed by atoms with E-state index in [1.54, 1.807) is 31.6 Å². The fourth-order valence-corrected chi connectivity index (χ4v) is 1.53. The van der Waals surface area contributed by atoms with Crippen molar-refractivity contribution in [1.29, 1.82) is 0 Å². The monoisotopic (exact) mass is 262 g/mol. The molecule has 0 atom stereocenters. The van der Waals surface area contributed by atoms with Gasteiger partial charge in [0.05, 0.1) is 32.5 Å². The van der Waals surface area contributed by atoms with Crippen LogP contribution in [0.3, 0.4) is 0 Å². The molecule has 1 aromatic carbocycles. The lowest BCUT2D eigenvalue weighted by molar-refractivity contribution is -0.137. The first-order valence-electron chi connectivity index (χ1n) is 5.73. The van der Waals surface area contributed by atoms with Crippen LogP contribution >= 0.6 is 0 Å². The van der Waals surface area contributed by atoms with Gasteiger partial charge in [-0.3, -0.25) is 9.48 Å². The Morgan fingerprint density at radius 1 is 1.37 bits per heavy atom. The summed E-state index contributed by atoms with van der Waals surface area (Å²) in [5, 5.41) is 12.6. The molecule has 0 aliphatic heterocycles. The maximum atomic E-state index is 10.5. The minimum Gasteiger partial charge on any atom is -0.497 e. The van der Waals surface area contributed by atoms with Gasteiger partial charge in [-0.05, 0) is 12.1 Å². The van der Waals surface area contributed by atoms with Gasteiger partial charge in [-0.15, -0.1) is 0 Å². The molecule has 0 bridgehead atoms. The Kier molecular flexibility index (Phi) is 4.02. The Balaban J connectivity index is 2.00. The number of carboxylic acid groups (broad SMARTS) is 1. The van der Waals surface area contributed by atoms with Crippen molar-refractivity contribution >= 4 is 5.97 Å². The Bertz CT molecular complexity index is 565. The molecule has 1 aromatic heterocycles. The summed E-state index contributed by atoms with van der Waals surface area (Å²) in [5.41, 5.74) is 0. The summed E-state index contributed by atoms with van der Waals surface area (Å²) in [6, 6.07) is 7.21. The third-order valence-corrected chi connectivity index (χ3v) is 2.44. The number of hydrogen-bond donors (Lipinski definition) is 1. The molecule has 0 spiro atoms. The molecule has 0 amide bonds. The van der Waals surface area contributed by atoms with Gasteiger partial charge in [-0.1, -0.05) is 6.07 Å². The van der Waals surface area contributed by atoms with Gasteiger partial charge in [0.2, 0.25) is 0 Å². The lowest BCUT2D eigenvalue weighted by Crippen LogP contribution is -2.04. The van der Waals surface area contributed by atoms with Crippen molar-refractivity contribution in [3.63, 3.8) is 0 Å². The van der Waals surface area contributed by atoms with Gasteiger partial charge in [-0.2, -0.15) is 5.10 Å². The first-order chi connectivity index (χ1) is 9.17. The van der Waals surface area contributed by atoms with Gasteiger partial charge in [-0.25, -0.2) is 0 Å². The third kappa shape index (κ3) is 3.74. The van der Waals surface area contributed by atoms with Crippen molar-refractivity contribution in [3.05, 3.63) is 36.7 Å². The smallest absolute Gasteiger partial charge is 0.305 e. The van der Waals surface area contributed by atoms with E-state index >= 15 is 0 Å². The van der Waals surface area contributed by atoms with Crippen LogP contribution in [-0.4, -0.2) is 28.0 Å². The predicted molar refractivity (Wildman–Crippen MR) is 67.5 cm³/mol.